The second kappa shape index (κ2) is 14.4. The second-order valence-electron chi connectivity index (χ2n) is 8.02. The Morgan fingerprint density at radius 1 is 1.00 bits per heavy atom. The van der Waals surface area contributed by atoms with Crippen molar-refractivity contribution in [1.82, 2.24) is 0 Å². The van der Waals surface area contributed by atoms with Crippen LogP contribution in [0, 0.1) is 0 Å². The Kier molecular flexibility index (Phi) is 13.1. The molecule has 0 bridgehead atoms. The lowest BCUT2D eigenvalue weighted by atomic mass is 9.91. The molecule has 0 aliphatic heterocycles. The Bertz CT molecular complexity index is 736. The molecule has 0 saturated carbocycles. The third-order valence-electron chi connectivity index (χ3n) is 5.46. The van der Waals surface area contributed by atoms with Gasteiger partial charge in [-0.3, -0.25) is 4.79 Å². The van der Waals surface area contributed by atoms with Crippen LogP contribution < -0.4 is 0 Å². The van der Waals surface area contributed by atoms with E-state index in [1.807, 2.05) is 24.3 Å². The van der Waals surface area contributed by atoms with Crippen molar-refractivity contribution in [1.29, 1.82) is 0 Å². The number of aryl methyl sites for hydroxylation is 1. The summed E-state index contributed by atoms with van der Waals surface area (Å²) in [5, 5.41) is 9.88. The maximum absolute atomic E-state index is 12.1. The van der Waals surface area contributed by atoms with E-state index in [1.54, 1.807) is 6.92 Å². The van der Waals surface area contributed by atoms with E-state index in [0.717, 1.165) is 42.2 Å². The van der Waals surface area contributed by atoms with Crippen LogP contribution in [0.15, 0.2) is 24.3 Å². The molecule has 0 heterocycles. The van der Waals surface area contributed by atoms with E-state index in [2.05, 4.69) is 6.92 Å². The van der Waals surface area contributed by atoms with Crippen LogP contribution in [0.5, 0.6) is 0 Å². The number of rotatable bonds is 17. The van der Waals surface area contributed by atoms with Gasteiger partial charge in [0.05, 0.1) is 5.75 Å². The SMILES string of the molecule is CCCCCCCCCCCCc1ccccc1C(C)(SCCS(=O)(=O)Cl)C(=O)O. The van der Waals surface area contributed by atoms with Gasteiger partial charge in [0.25, 0.3) is 0 Å². The third-order valence-corrected chi connectivity index (χ3v) is 8.25. The van der Waals surface area contributed by atoms with Crippen LogP contribution >= 0.6 is 22.4 Å². The summed E-state index contributed by atoms with van der Waals surface area (Å²) in [5.74, 6) is -1.07. The Balaban J connectivity index is 2.55. The molecule has 0 radical (unpaired) electrons. The summed E-state index contributed by atoms with van der Waals surface area (Å²) in [6.07, 6.45) is 13.5. The van der Waals surface area contributed by atoms with Gasteiger partial charge in [-0.1, -0.05) is 89.0 Å². The molecule has 172 valence electrons. The van der Waals surface area contributed by atoms with E-state index in [-0.39, 0.29) is 11.5 Å². The first-order valence-corrected chi connectivity index (χ1v) is 14.5. The lowest BCUT2D eigenvalue weighted by molar-refractivity contribution is -0.139. The monoisotopic (exact) mass is 476 g/mol. The van der Waals surface area contributed by atoms with Gasteiger partial charge < -0.3 is 5.11 Å². The summed E-state index contributed by atoms with van der Waals surface area (Å²) < 4.78 is 21.2. The molecule has 4 nitrogen and oxygen atoms in total. The number of unbranched alkanes of at least 4 members (excludes halogenated alkanes) is 9. The average molecular weight is 477 g/mol. The number of aliphatic carboxylic acids is 1. The Labute approximate surface area is 191 Å². The minimum Gasteiger partial charge on any atom is -0.480 e. The van der Waals surface area contributed by atoms with E-state index in [9.17, 15) is 18.3 Å². The standard InChI is InChI=1S/C23H37ClO4S2/c1-3-4-5-6-7-8-9-10-11-12-15-20-16-13-14-17-21(20)23(2,22(25)26)29-18-19-30(24,27)28/h13-14,16-17H,3-12,15,18-19H2,1-2H3,(H,25,26). The maximum Gasteiger partial charge on any atom is 0.324 e. The maximum atomic E-state index is 12.1. The van der Waals surface area contributed by atoms with Crippen LogP contribution in [0.1, 0.15) is 89.2 Å². The van der Waals surface area contributed by atoms with E-state index in [4.69, 9.17) is 10.7 Å². The summed E-state index contributed by atoms with van der Waals surface area (Å²) in [4.78, 5) is 12.1. The molecule has 1 unspecified atom stereocenters. The lowest BCUT2D eigenvalue weighted by Crippen LogP contribution is -2.31. The highest BCUT2D eigenvalue weighted by Crippen LogP contribution is 2.39. The zero-order valence-corrected chi connectivity index (χ0v) is 20.8. The molecular formula is C23H37ClO4S2. The minimum absolute atomic E-state index is 0.140. The summed E-state index contributed by atoms with van der Waals surface area (Å²) in [6, 6.07) is 7.62. The Hall–Kier alpha value is -0.720. The van der Waals surface area contributed by atoms with Gasteiger partial charge in [0, 0.05) is 16.4 Å². The van der Waals surface area contributed by atoms with Gasteiger partial charge >= 0.3 is 5.97 Å². The van der Waals surface area contributed by atoms with Gasteiger partial charge in [-0.15, -0.1) is 11.8 Å². The Morgan fingerprint density at radius 2 is 1.53 bits per heavy atom. The molecular weight excluding hydrogens is 440 g/mol. The molecule has 1 rings (SSSR count). The summed E-state index contributed by atoms with van der Waals surface area (Å²) in [7, 11) is 1.64. The number of thioether (sulfide) groups is 1. The molecule has 1 aromatic carbocycles. The average Bonchev–Trinajstić information content (AvgIpc) is 2.68. The lowest BCUT2D eigenvalue weighted by Gasteiger charge is -2.27. The highest BCUT2D eigenvalue weighted by molar-refractivity contribution is 8.14. The molecule has 1 N–H and O–H groups in total. The van der Waals surface area contributed by atoms with Gasteiger partial charge in [0.15, 0.2) is 0 Å². The van der Waals surface area contributed by atoms with E-state index in [0.29, 0.717) is 0 Å². The number of halogens is 1. The summed E-state index contributed by atoms with van der Waals surface area (Å²) in [5.41, 5.74) is 1.79. The molecule has 7 heteroatoms. The first-order valence-electron chi connectivity index (χ1n) is 11.1. The van der Waals surface area contributed by atoms with Crippen molar-refractivity contribution < 1.29 is 18.3 Å². The van der Waals surface area contributed by atoms with Crippen LogP contribution in [0.4, 0.5) is 0 Å². The molecule has 1 atom stereocenters. The van der Waals surface area contributed by atoms with Crippen LogP contribution in [0.3, 0.4) is 0 Å². The molecule has 1 aromatic rings. The summed E-state index contributed by atoms with van der Waals surface area (Å²) in [6.45, 7) is 3.89. The van der Waals surface area contributed by atoms with Crippen molar-refractivity contribution in [3.8, 4) is 0 Å². The largest absolute Gasteiger partial charge is 0.480 e. The molecule has 0 aromatic heterocycles. The number of carboxylic acid groups (broad SMARTS) is 1. The zero-order valence-electron chi connectivity index (χ0n) is 18.4. The first kappa shape index (κ1) is 27.3. The molecule has 0 spiro atoms. The van der Waals surface area contributed by atoms with E-state index < -0.39 is 19.8 Å². The molecule has 0 aliphatic rings. The predicted molar refractivity (Wildman–Crippen MR) is 129 cm³/mol. The Morgan fingerprint density at radius 3 is 2.07 bits per heavy atom. The van der Waals surface area contributed by atoms with Crippen molar-refractivity contribution in [3.63, 3.8) is 0 Å². The predicted octanol–water partition coefficient (Wildman–Crippen LogP) is 6.75. The number of hydrogen-bond acceptors (Lipinski definition) is 4. The van der Waals surface area contributed by atoms with Crippen LogP contribution in [-0.4, -0.2) is 31.0 Å². The smallest absolute Gasteiger partial charge is 0.324 e. The quantitative estimate of drug-likeness (QED) is 0.199. The molecule has 0 saturated heterocycles. The van der Waals surface area contributed by atoms with Gasteiger partial charge in [-0.05, 0) is 30.9 Å². The molecule has 0 fully saturated rings. The van der Waals surface area contributed by atoms with Gasteiger partial charge in [0.1, 0.15) is 4.75 Å². The third kappa shape index (κ3) is 10.5. The number of carboxylic acids is 1. The molecule has 0 amide bonds. The fraction of sp³-hybridized carbons (Fsp3) is 0.696. The second-order valence-corrected chi connectivity index (χ2v) is 12.4. The van der Waals surface area contributed by atoms with Crippen LogP contribution in [0.2, 0.25) is 0 Å². The van der Waals surface area contributed by atoms with E-state index in [1.165, 1.54) is 51.4 Å². The van der Waals surface area contributed by atoms with Gasteiger partial charge in [-0.2, -0.15) is 0 Å². The van der Waals surface area contributed by atoms with Crippen LogP contribution in [0.25, 0.3) is 0 Å². The fourth-order valence-electron chi connectivity index (χ4n) is 3.61. The van der Waals surface area contributed by atoms with Crippen molar-refractivity contribution >= 4 is 37.5 Å². The highest BCUT2D eigenvalue weighted by Gasteiger charge is 2.37. The number of carbonyl (C=O) groups is 1. The van der Waals surface area contributed by atoms with Crippen molar-refractivity contribution in [3.05, 3.63) is 35.4 Å². The topological polar surface area (TPSA) is 71.4 Å². The summed E-state index contributed by atoms with van der Waals surface area (Å²) >= 11 is 1.12. The van der Waals surface area contributed by atoms with Gasteiger partial charge in [0.2, 0.25) is 9.05 Å². The molecule has 30 heavy (non-hydrogen) atoms. The zero-order chi connectivity index (χ0) is 22.5. The van der Waals surface area contributed by atoms with Gasteiger partial charge in [-0.25, -0.2) is 8.42 Å². The van der Waals surface area contributed by atoms with Crippen molar-refractivity contribution in [2.24, 2.45) is 0 Å². The first-order chi connectivity index (χ1) is 14.2. The molecule has 0 aliphatic carbocycles. The normalized spacial score (nSPS) is 13.8. The van der Waals surface area contributed by atoms with Crippen LogP contribution in [-0.2, 0) is 25.0 Å². The van der Waals surface area contributed by atoms with E-state index >= 15 is 0 Å². The van der Waals surface area contributed by atoms with Crippen molar-refractivity contribution in [2.75, 3.05) is 11.5 Å². The van der Waals surface area contributed by atoms with Crippen molar-refractivity contribution in [2.45, 2.75) is 89.2 Å². The number of hydrogen-bond donors (Lipinski definition) is 1. The minimum atomic E-state index is -3.64. The highest BCUT2D eigenvalue weighted by atomic mass is 35.7. The fourth-order valence-corrected chi connectivity index (χ4v) is 6.19. The number of benzene rings is 1.